The van der Waals surface area contributed by atoms with Gasteiger partial charge in [-0.2, -0.15) is 0 Å². The smallest absolute Gasteiger partial charge is 0.410 e. The third kappa shape index (κ3) is 4.42. The fourth-order valence-electron chi connectivity index (χ4n) is 3.05. The lowest BCUT2D eigenvalue weighted by Gasteiger charge is -2.40. The minimum Gasteiger partial charge on any atom is -0.444 e. The number of ether oxygens (including phenoxy) is 1. The molecule has 1 heterocycles. The topological polar surface area (TPSA) is 49.9 Å². The summed E-state index contributed by atoms with van der Waals surface area (Å²) in [5.74, 6) is -0.904. The van der Waals surface area contributed by atoms with E-state index in [1.54, 1.807) is 28.9 Å². The molecule has 0 aliphatic carbocycles. The minimum atomic E-state index is -0.573. The Bertz CT molecular complexity index is 701. The molecule has 142 valence electrons. The summed E-state index contributed by atoms with van der Waals surface area (Å²) in [7, 11) is 0. The molecule has 2 amide bonds. The van der Waals surface area contributed by atoms with Crippen molar-refractivity contribution >= 4 is 18.1 Å². The number of carbonyl (C=O) groups excluding carboxylic acids is 2. The Morgan fingerprint density at radius 1 is 1.31 bits per heavy atom. The van der Waals surface area contributed by atoms with E-state index in [1.165, 1.54) is 6.07 Å². The van der Waals surface area contributed by atoms with Gasteiger partial charge in [0.05, 0.1) is 5.56 Å². The first kappa shape index (κ1) is 19.9. The largest absolute Gasteiger partial charge is 0.444 e. The Morgan fingerprint density at radius 3 is 2.46 bits per heavy atom. The molecule has 26 heavy (non-hydrogen) atoms. The lowest BCUT2D eigenvalue weighted by molar-refractivity contribution is 0.00189. The van der Waals surface area contributed by atoms with Crippen LogP contribution in [0.2, 0.25) is 0 Å². The highest BCUT2D eigenvalue weighted by Crippen LogP contribution is 2.22. The molecule has 1 aromatic rings. The average Bonchev–Trinajstić information content (AvgIpc) is 2.51. The van der Waals surface area contributed by atoms with Gasteiger partial charge in [-0.1, -0.05) is 18.7 Å². The second-order valence-corrected chi connectivity index (χ2v) is 7.67. The van der Waals surface area contributed by atoms with Crippen LogP contribution >= 0.6 is 0 Å². The van der Waals surface area contributed by atoms with Crippen molar-refractivity contribution in [2.75, 3.05) is 19.6 Å². The van der Waals surface area contributed by atoms with Gasteiger partial charge in [0.15, 0.2) is 0 Å². The van der Waals surface area contributed by atoms with Crippen molar-refractivity contribution in [3.8, 4) is 0 Å². The molecule has 2 rings (SSSR count). The van der Waals surface area contributed by atoms with Gasteiger partial charge in [-0.25, -0.2) is 9.18 Å². The summed E-state index contributed by atoms with van der Waals surface area (Å²) in [5, 5.41) is 0. The number of aryl methyl sites for hydroxylation is 1. The van der Waals surface area contributed by atoms with Gasteiger partial charge in [-0.15, -0.1) is 0 Å². The number of amides is 2. The van der Waals surface area contributed by atoms with Gasteiger partial charge in [-0.3, -0.25) is 4.79 Å². The molecule has 1 aliphatic rings. The van der Waals surface area contributed by atoms with Crippen molar-refractivity contribution in [2.45, 2.75) is 46.3 Å². The number of hydrogen-bond acceptors (Lipinski definition) is 3. The maximum atomic E-state index is 14.4. The van der Waals surface area contributed by atoms with Crippen molar-refractivity contribution in [3.63, 3.8) is 0 Å². The molecule has 1 aromatic carbocycles. The first-order valence-electron chi connectivity index (χ1n) is 8.75. The standard InChI is InChI=1S/C20H27FN2O3/c1-7-15-10-13(2)17(16(21)11-15)18(24)22-8-9-23(14(3)12-22)19(25)26-20(4,5)6/h7,10-11,14H,1,8-9,12H2,2-6H3. The lowest BCUT2D eigenvalue weighted by atomic mass is 10.0. The molecule has 1 saturated heterocycles. The quantitative estimate of drug-likeness (QED) is 0.803. The molecule has 0 radical (unpaired) electrons. The van der Waals surface area contributed by atoms with Gasteiger partial charge in [-0.05, 0) is 51.8 Å². The summed E-state index contributed by atoms with van der Waals surface area (Å²) in [4.78, 5) is 28.3. The highest BCUT2D eigenvalue weighted by Gasteiger charge is 2.33. The third-order valence-corrected chi connectivity index (χ3v) is 4.30. The monoisotopic (exact) mass is 362 g/mol. The molecule has 0 saturated carbocycles. The normalized spacial score (nSPS) is 17.8. The summed E-state index contributed by atoms with van der Waals surface area (Å²) in [6.07, 6.45) is 1.15. The lowest BCUT2D eigenvalue weighted by Crippen LogP contribution is -2.56. The second-order valence-electron chi connectivity index (χ2n) is 7.67. The van der Waals surface area contributed by atoms with Crippen LogP contribution in [0.3, 0.4) is 0 Å². The molecular formula is C20H27FN2O3. The molecule has 1 fully saturated rings. The van der Waals surface area contributed by atoms with E-state index in [2.05, 4.69) is 6.58 Å². The summed E-state index contributed by atoms with van der Waals surface area (Å²) in [6, 6.07) is 2.84. The Morgan fingerprint density at radius 2 is 1.96 bits per heavy atom. The van der Waals surface area contributed by atoms with Crippen LogP contribution in [0.5, 0.6) is 0 Å². The van der Waals surface area contributed by atoms with Crippen molar-refractivity contribution in [2.24, 2.45) is 0 Å². The summed E-state index contributed by atoms with van der Waals surface area (Å²) in [6.45, 7) is 13.7. The van der Waals surface area contributed by atoms with E-state index < -0.39 is 17.5 Å². The highest BCUT2D eigenvalue weighted by atomic mass is 19.1. The highest BCUT2D eigenvalue weighted by molar-refractivity contribution is 5.96. The fourth-order valence-corrected chi connectivity index (χ4v) is 3.05. The van der Waals surface area contributed by atoms with Gasteiger partial charge in [0, 0.05) is 25.7 Å². The molecular weight excluding hydrogens is 335 g/mol. The number of piperazine rings is 1. The number of halogens is 1. The van der Waals surface area contributed by atoms with Gasteiger partial charge in [0.25, 0.3) is 5.91 Å². The van der Waals surface area contributed by atoms with Gasteiger partial charge in [0.1, 0.15) is 11.4 Å². The number of rotatable bonds is 2. The van der Waals surface area contributed by atoms with Crippen molar-refractivity contribution in [1.82, 2.24) is 9.80 Å². The van der Waals surface area contributed by atoms with Crippen molar-refractivity contribution in [1.29, 1.82) is 0 Å². The second kappa shape index (κ2) is 7.48. The summed E-state index contributed by atoms with van der Waals surface area (Å²) < 4.78 is 19.8. The van der Waals surface area contributed by atoms with Crippen molar-refractivity contribution < 1.29 is 18.7 Å². The molecule has 0 N–H and O–H groups in total. The average molecular weight is 362 g/mol. The molecule has 0 spiro atoms. The Balaban J connectivity index is 2.13. The first-order chi connectivity index (χ1) is 12.0. The van der Waals surface area contributed by atoms with Crippen LogP contribution in [0.1, 0.15) is 49.2 Å². The van der Waals surface area contributed by atoms with E-state index in [4.69, 9.17) is 4.74 Å². The van der Waals surface area contributed by atoms with Crippen LogP contribution in [0.15, 0.2) is 18.7 Å². The number of benzene rings is 1. The van der Waals surface area contributed by atoms with E-state index in [0.717, 1.165) is 0 Å². The van der Waals surface area contributed by atoms with Crippen LogP contribution in [0.25, 0.3) is 6.08 Å². The van der Waals surface area contributed by atoms with Crippen LogP contribution in [-0.2, 0) is 4.74 Å². The van der Waals surface area contributed by atoms with E-state index in [9.17, 15) is 14.0 Å². The Kier molecular flexibility index (Phi) is 5.74. The van der Waals surface area contributed by atoms with Crippen LogP contribution in [0, 0.1) is 12.7 Å². The van der Waals surface area contributed by atoms with Crippen LogP contribution in [0.4, 0.5) is 9.18 Å². The number of nitrogens with zero attached hydrogens (tertiary/aromatic N) is 2. The molecule has 5 nitrogen and oxygen atoms in total. The maximum absolute atomic E-state index is 14.4. The van der Waals surface area contributed by atoms with Gasteiger partial charge >= 0.3 is 6.09 Å². The molecule has 6 heteroatoms. The van der Waals surface area contributed by atoms with E-state index in [-0.39, 0.29) is 17.5 Å². The SMILES string of the molecule is C=Cc1cc(C)c(C(=O)N2CCN(C(=O)OC(C)(C)C)C(C)C2)c(F)c1. The van der Waals surface area contributed by atoms with E-state index >= 15 is 0 Å². The van der Waals surface area contributed by atoms with Crippen LogP contribution in [-0.4, -0.2) is 53.1 Å². The Hall–Kier alpha value is -2.37. The van der Waals surface area contributed by atoms with Gasteiger partial charge < -0.3 is 14.5 Å². The number of carbonyl (C=O) groups is 2. The molecule has 1 unspecified atom stereocenters. The van der Waals surface area contributed by atoms with E-state index in [1.807, 2.05) is 27.7 Å². The van der Waals surface area contributed by atoms with Crippen LogP contribution < -0.4 is 0 Å². The number of hydrogen-bond donors (Lipinski definition) is 0. The zero-order valence-corrected chi connectivity index (χ0v) is 16.1. The predicted molar refractivity (Wildman–Crippen MR) is 99.5 cm³/mol. The minimum absolute atomic E-state index is 0.0773. The summed E-state index contributed by atoms with van der Waals surface area (Å²) >= 11 is 0. The van der Waals surface area contributed by atoms with Gasteiger partial charge in [0.2, 0.25) is 0 Å². The molecule has 1 aliphatic heterocycles. The predicted octanol–water partition coefficient (Wildman–Crippen LogP) is 3.86. The third-order valence-electron chi connectivity index (χ3n) is 4.30. The zero-order chi connectivity index (χ0) is 19.6. The molecule has 0 bridgehead atoms. The van der Waals surface area contributed by atoms with E-state index in [0.29, 0.717) is 30.8 Å². The fraction of sp³-hybridized carbons (Fsp3) is 0.500. The first-order valence-corrected chi connectivity index (χ1v) is 8.75. The maximum Gasteiger partial charge on any atom is 0.410 e. The summed E-state index contributed by atoms with van der Waals surface area (Å²) in [5.41, 5.74) is 0.719. The van der Waals surface area contributed by atoms with Crippen molar-refractivity contribution in [3.05, 3.63) is 41.2 Å². The Labute approximate surface area is 154 Å². The molecule has 0 aromatic heterocycles. The molecule has 1 atom stereocenters. The zero-order valence-electron chi connectivity index (χ0n) is 16.1.